The van der Waals surface area contributed by atoms with Gasteiger partial charge in [-0.1, -0.05) is 16.7 Å². The second kappa shape index (κ2) is 4.09. The molecule has 0 aromatic carbocycles. The number of halogens is 1. The molecule has 3 rings (SSSR count). The van der Waals surface area contributed by atoms with E-state index in [9.17, 15) is 10.0 Å². The number of hydrogen-bond donors (Lipinski definition) is 0. The van der Waals surface area contributed by atoms with Gasteiger partial charge in [-0.25, -0.2) is 9.52 Å². The van der Waals surface area contributed by atoms with E-state index >= 15 is 0 Å². The number of rotatable bonds is 1. The Kier molecular flexibility index (Phi) is 2.63. The first-order valence-electron chi connectivity index (χ1n) is 6.09. The molecule has 0 bridgehead atoms. The van der Waals surface area contributed by atoms with Gasteiger partial charge >= 0.3 is 11.5 Å². The van der Waals surface area contributed by atoms with E-state index in [1.165, 1.54) is 4.68 Å². The van der Waals surface area contributed by atoms with Crippen LogP contribution in [0.1, 0.15) is 23.5 Å². The van der Waals surface area contributed by atoms with Crippen LogP contribution in [0.2, 0.25) is 5.02 Å². The molecule has 2 aromatic heterocycles. The largest absolute Gasteiger partial charge is 0.710 e. The average Bonchev–Trinajstić information content (AvgIpc) is 2.92. The van der Waals surface area contributed by atoms with E-state index in [4.69, 9.17) is 11.6 Å². The molecule has 1 aliphatic heterocycles. The fraction of sp³-hybridized carbons (Fsp3) is 0.417. The Morgan fingerprint density at radius 2 is 2.21 bits per heavy atom. The summed E-state index contributed by atoms with van der Waals surface area (Å²) in [5.74, 6) is 0.964. The smallest absolute Gasteiger partial charge is 0.442 e. The molecule has 2 aromatic rings. The molecule has 7 heteroatoms. The lowest BCUT2D eigenvalue weighted by atomic mass is 10.2. The molecule has 0 fully saturated rings. The number of nitrogens with zero attached hydrogens (tertiary/aromatic N) is 4. The van der Waals surface area contributed by atoms with Crippen molar-refractivity contribution in [2.75, 3.05) is 0 Å². The maximum atomic E-state index is 12.2. The van der Waals surface area contributed by atoms with E-state index < -0.39 is 0 Å². The lowest BCUT2D eigenvalue weighted by Gasteiger charge is -2.13. The summed E-state index contributed by atoms with van der Waals surface area (Å²) in [6.45, 7) is 4.03. The zero-order chi connectivity index (χ0) is 13.7. The van der Waals surface area contributed by atoms with Gasteiger partial charge in [0.15, 0.2) is 5.82 Å². The van der Waals surface area contributed by atoms with Crippen LogP contribution in [-0.2, 0) is 13.0 Å². The van der Waals surface area contributed by atoms with Crippen molar-refractivity contribution < 1.29 is 4.73 Å². The molecule has 100 valence electrons. The lowest BCUT2D eigenvalue weighted by molar-refractivity contribution is -0.607. The highest BCUT2D eigenvalue weighted by Crippen LogP contribution is 2.18. The van der Waals surface area contributed by atoms with Gasteiger partial charge in [-0.05, 0) is 31.0 Å². The first kappa shape index (κ1) is 12.2. The van der Waals surface area contributed by atoms with Crippen molar-refractivity contribution in [3.63, 3.8) is 0 Å². The minimum atomic E-state index is -0.262. The van der Waals surface area contributed by atoms with E-state index in [1.54, 1.807) is 24.5 Å². The molecule has 0 amide bonds. The molecule has 0 N–H and O–H groups in total. The van der Waals surface area contributed by atoms with Crippen molar-refractivity contribution in [1.82, 2.24) is 14.3 Å². The third-order valence-electron chi connectivity index (χ3n) is 3.46. The molecule has 0 radical (unpaired) electrons. The summed E-state index contributed by atoms with van der Waals surface area (Å²) >= 11 is 5.96. The molecule has 1 aliphatic rings. The zero-order valence-electron chi connectivity index (χ0n) is 10.7. The van der Waals surface area contributed by atoms with E-state index in [0.29, 0.717) is 27.6 Å². The highest BCUT2D eigenvalue weighted by atomic mass is 35.5. The SMILES string of the molecule is Cc1cc(Cl)c(C)[n+]([O-])c1-n1nc2n(c1=O)CCC2. The monoisotopic (exact) mass is 280 g/mol. The first-order chi connectivity index (χ1) is 9.00. The predicted octanol–water partition coefficient (Wildman–Crippen LogP) is 0.884. The summed E-state index contributed by atoms with van der Waals surface area (Å²) in [6, 6.07) is 1.68. The minimum Gasteiger partial charge on any atom is -0.710 e. The van der Waals surface area contributed by atoms with Gasteiger partial charge in [-0.3, -0.25) is 4.57 Å². The summed E-state index contributed by atoms with van der Waals surface area (Å²) < 4.78 is 3.46. The fourth-order valence-electron chi connectivity index (χ4n) is 2.41. The highest BCUT2D eigenvalue weighted by Gasteiger charge is 2.27. The van der Waals surface area contributed by atoms with E-state index in [2.05, 4.69) is 5.10 Å². The van der Waals surface area contributed by atoms with Crippen molar-refractivity contribution in [1.29, 1.82) is 0 Å². The van der Waals surface area contributed by atoms with Crippen LogP contribution < -0.4 is 10.4 Å². The van der Waals surface area contributed by atoms with Gasteiger partial charge in [0.25, 0.3) is 0 Å². The molecule has 0 atom stereocenters. The van der Waals surface area contributed by atoms with Crippen LogP contribution in [0.25, 0.3) is 5.82 Å². The van der Waals surface area contributed by atoms with Gasteiger partial charge in [-0.15, -0.1) is 0 Å². The van der Waals surface area contributed by atoms with E-state index in [-0.39, 0.29) is 11.5 Å². The van der Waals surface area contributed by atoms with Gasteiger partial charge in [0.2, 0.25) is 0 Å². The summed E-state index contributed by atoms with van der Waals surface area (Å²) in [5, 5.41) is 16.9. The van der Waals surface area contributed by atoms with Crippen LogP contribution in [0.5, 0.6) is 0 Å². The zero-order valence-corrected chi connectivity index (χ0v) is 11.4. The first-order valence-corrected chi connectivity index (χ1v) is 6.47. The molecule has 3 heterocycles. The van der Waals surface area contributed by atoms with Crippen molar-refractivity contribution in [3.05, 3.63) is 43.9 Å². The maximum absolute atomic E-state index is 12.2. The summed E-state index contributed by atoms with van der Waals surface area (Å²) in [4.78, 5) is 12.2. The molecule has 0 saturated heterocycles. The van der Waals surface area contributed by atoms with Gasteiger partial charge in [0.1, 0.15) is 5.69 Å². The van der Waals surface area contributed by atoms with E-state index in [1.807, 2.05) is 0 Å². The van der Waals surface area contributed by atoms with Gasteiger partial charge in [0.05, 0.1) is 5.02 Å². The van der Waals surface area contributed by atoms with Crippen LogP contribution in [0.15, 0.2) is 10.9 Å². The summed E-state index contributed by atoms with van der Waals surface area (Å²) in [5.41, 5.74) is 0.730. The molecule has 0 unspecified atom stereocenters. The normalized spacial score (nSPS) is 13.8. The lowest BCUT2D eigenvalue weighted by Crippen LogP contribution is -2.40. The van der Waals surface area contributed by atoms with Crippen LogP contribution in [0.4, 0.5) is 0 Å². The highest BCUT2D eigenvalue weighted by molar-refractivity contribution is 6.31. The van der Waals surface area contributed by atoms with Crippen LogP contribution in [0.3, 0.4) is 0 Å². The summed E-state index contributed by atoms with van der Waals surface area (Å²) in [7, 11) is 0. The Bertz CT molecular complexity index is 732. The Hall–Kier alpha value is -1.82. The Labute approximate surface area is 114 Å². The number of aryl methyl sites for hydroxylation is 2. The van der Waals surface area contributed by atoms with Crippen molar-refractivity contribution in [3.8, 4) is 5.82 Å². The van der Waals surface area contributed by atoms with Gasteiger partial charge in [-0.2, -0.15) is 0 Å². The molecule has 6 nitrogen and oxygen atoms in total. The summed E-state index contributed by atoms with van der Waals surface area (Å²) in [6.07, 6.45) is 1.70. The van der Waals surface area contributed by atoms with E-state index in [0.717, 1.165) is 18.7 Å². The number of aromatic nitrogens is 4. The minimum absolute atomic E-state index is 0.230. The third kappa shape index (κ3) is 1.67. The molecular formula is C12H13ClN4O2. The number of fused-ring (bicyclic) bond motifs is 1. The van der Waals surface area contributed by atoms with Gasteiger partial charge < -0.3 is 5.21 Å². The molecular weight excluding hydrogens is 268 g/mol. The standard InChI is InChI=1S/C12H13ClN4O2/c1-7-6-9(13)8(2)17(19)11(7)16-12(18)15-5-3-4-10(15)14-16/h6H,3-5H2,1-2H3. The Morgan fingerprint density at radius 1 is 1.47 bits per heavy atom. The Morgan fingerprint density at radius 3 is 2.89 bits per heavy atom. The molecule has 0 saturated carbocycles. The third-order valence-corrected chi connectivity index (χ3v) is 3.84. The van der Waals surface area contributed by atoms with Gasteiger partial charge in [0, 0.05) is 18.5 Å². The van der Waals surface area contributed by atoms with Crippen molar-refractivity contribution in [2.24, 2.45) is 0 Å². The fourth-order valence-corrected chi connectivity index (χ4v) is 2.65. The maximum Gasteiger partial charge on any atom is 0.442 e. The molecule has 0 aliphatic carbocycles. The van der Waals surface area contributed by atoms with Crippen LogP contribution >= 0.6 is 11.6 Å². The Balaban J connectivity index is 2.29. The molecule has 19 heavy (non-hydrogen) atoms. The number of pyridine rings is 1. The second-order valence-corrected chi connectivity index (χ2v) is 5.15. The second-order valence-electron chi connectivity index (χ2n) is 4.74. The number of hydrogen-bond acceptors (Lipinski definition) is 3. The topological polar surface area (TPSA) is 66.8 Å². The average molecular weight is 281 g/mol. The van der Waals surface area contributed by atoms with Crippen molar-refractivity contribution >= 4 is 11.6 Å². The van der Waals surface area contributed by atoms with Crippen molar-refractivity contribution in [2.45, 2.75) is 33.2 Å². The quantitative estimate of drug-likeness (QED) is 0.575. The predicted molar refractivity (Wildman–Crippen MR) is 69.6 cm³/mol. The van der Waals surface area contributed by atoms with Crippen LogP contribution in [0, 0.1) is 19.1 Å². The molecule has 0 spiro atoms. The van der Waals surface area contributed by atoms with Crippen LogP contribution in [-0.4, -0.2) is 14.3 Å².